The van der Waals surface area contributed by atoms with Crippen LogP contribution in [-0.2, 0) is 9.47 Å². The maximum absolute atomic E-state index is 10.0. The minimum absolute atomic E-state index is 0.411. The van der Waals surface area contributed by atoms with E-state index in [2.05, 4.69) is 34.6 Å². The van der Waals surface area contributed by atoms with Crippen LogP contribution in [0.2, 0.25) is 0 Å². The third-order valence-electron chi connectivity index (χ3n) is 7.01. The van der Waals surface area contributed by atoms with Crippen molar-refractivity contribution in [2.24, 2.45) is 23.7 Å². The van der Waals surface area contributed by atoms with Gasteiger partial charge in [-0.05, 0) is 30.1 Å². The standard InChI is InChI=1S/C26H52O6/c1-18(2)9-6-10-19(3)11-7-12-20(4)13-8-14-21(5)15-16-31-26-25(30)24(29)23(28)22(17-27)32-26/h18-30H,6-17H2,1-5H3/t19?,20?,21?,22-,23-,24+,25-,26-/m1/s1. The van der Waals surface area contributed by atoms with Gasteiger partial charge in [-0.1, -0.05) is 92.4 Å². The van der Waals surface area contributed by atoms with Gasteiger partial charge in [-0.25, -0.2) is 0 Å². The monoisotopic (exact) mass is 460 g/mol. The molecular formula is C26H52O6. The van der Waals surface area contributed by atoms with Crippen molar-refractivity contribution < 1.29 is 29.9 Å². The molecule has 6 heteroatoms. The van der Waals surface area contributed by atoms with Crippen LogP contribution >= 0.6 is 0 Å². The number of ether oxygens (including phenoxy) is 2. The van der Waals surface area contributed by atoms with Crippen LogP contribution in [0.1, 0.15) is 98.8 Å². The normalized spacial score (nSPS) is 29.2. The highest BCUT2D eigenvalue weighted by molar-refractivity contribution is 4.88. The molecule has 0 aliphatic carbocycles. The van der Waals surface area contributed by atoms with Gasteiger partial charge in [-0.3, -0.25) is 0 Å². The number of aliphatic hydroxyl groups is 4. The van der Waals surface area contributed by atoms with Crippen molar-refractivity contribution in [2.45, 2.75) is 130 Å². The average Bonchev–Trinajstić information content (AvgIpc) is 2.73. The molecule has 1 saturated heterocycles. The minimum atomic E-state index is -1.38. The van der Waals surface area contributed by atoms with Crippen LogP contribution in [0.25, 0.3) is 0 Å². The van der Waals surface area contributed by atoms with Gasteiger partial charge in [0.05, 0.1) is 13.2 Å². The summed E-state index contributed by atoms with van der Waals surface area (Å²) in [5.41, 5.74) is 0. The zero-order chi connectivity index (χ0) is 24.1. The van der Waals surface area contributed by atoms with Gasteiger partial charge >= 0.3 is 0 Å². The molecule has 1 aliphatic rings. The molecule has 0 amide bonds. The number of hydrogen-bond donors (Lipinski definition) is 4. The van der Waals surface area contributed by atoms with E-state index in [1.165, 1.54) is 51.4 Å². The van der Waals surface area contributed by atoms with Gasteiger partial charge in [0.1, 0.15) is 24.4 Å². The Morgan fingerprint density at radius 2 is 1.12 bits per heavy atom. The molecule has 0 aromatic carbocycles. The zero-order valence-corrected chi connectivity index (χ0v) is 21.3. The lowest BCUT2D eigenvalue weighted by Crippen LogP contribution is -2.59. The second-order valence-corrected chi connectivity index (χ2v) is 10.9. The number of rotatable bonds is 17. The molecule has 0 saturated carbocycles. The van der Waals surface area contributed by atoms with Gasteiger partial charge < -0.3 is 29.9 Å². The Labute approximate surface area is 196 Å². The maximum atomic E-state index is 10.0. The maximum Gasteiger partial charge on any atom is 0.186 e. The summed E-state index contributed by atoms with van der Waals surface area (Å²) in [7, 11) is 0. The van der Waals surface area contributed by atoms with E-state index in [0.717, 1.165) is 30.6 Å². The summed E-state index contributed by atoms with van der Waals surface area (Å²) < 4.78 is 11.0. The molecular weight excluding hydrogens is 408 g/mol. The first-order chi connectivity index (χ1) is 15.1. The molecule has 0 aromatic rings. The van der Waals surface area contributed by atoms with Gasteiger partial charge in [0, 0.05) is 0 Å². The van der Waals surface area contributed by atoms with Crippen LogP contribution in [0.5, 0.6) is 0 Å². The van der Waals surface area contributed by atoms with Crippen molar-refractivity contribution in [2.75, 3.05) is 13.2 Å². The quantitative estimate of drug-likeness (QED) is 0.259. The summed E-state index contributed by atoms with van der Waals surface area (Å²) >= 11 is 0. The predicted octanol–water partition coefficient (Wildman–Crippen LogP) is 4.27. The molecule has 0 bridgehead atoms. The van der Waals surface area contributed by atoms with E-state index in [4.69, 9.17) is 9.47 Å². The largest absolute Gasteiger partial charge is 0.394 e. The van der Waals surface area contributed by atoms with Gasteiger partial charge in [0.2, 0.25) is 0 Å². The van der Waals surface area contributed by atoms with E-state index in [-0.39, 0.29) is 0 Å². The number of hydrogen-bond acceptors (Lipinski definition) is 6. The molecule has 0 aromatic heterocycles. The van der Waals surface area contributed by atoms with Crippen molar-refractivity contribution in [3.05, 3.63) is 0 Å². The topological polar surface area (TPSA) is 99.4 Å². The zero-order valence-electron chi connectivity index (χ0n) is 21.3. The Morgan fingerprint density at radius 3 is 1.59 bits per heavy atom. The minimum Gasteiger partial charge on any atom is -0.394 e. The smallest absolute Gasteiger partial charge is 0.186 e. The van der Waals surface area contributed by atoms with Crippen LogP contribution in [0.4, 0.5) is 0 Å². The molecule has 8 atom stereocenters. The van der Waals surface area contributed by atoms with Gasteiger partial charge in [-0.2, -0.15) is 0 Å². The van der Waals surface area contributed by atoms with E-state index < -0.39 is 37.3 Å². The fourth-order valence-electron chi connectivity index (χ4n) is 4.53. The summed E-state index contributed by atoms with van der Waals surface area (Å²) in [6.45, 7) is 11.6. The van der Waals surface area contributed by atoms with Crippen molar-refractivity contribution in [3.8, 4) is 0 Å². The highest BCUT2D eigenvalue weighted by Gasteiger charge is 2.43. The van der Waals surface area contributed by atoms with E-state index in [1.54, 1.807) is 0 Å². The molecule has 3 unspecified atom stereocenters. The highest BCUT2D eigenvalue weighted by Crippen LogP contribution is 2.24. The Bertz CT molecular complexity index is 458. The molecule has 32 heavy (non-hydrogen) atoms. The molecule has 1 fully saturated rings. The molecule has 1 rings (SSSR count). The molecule has 0 spiro atoms. The van der Waals surface area contributed by atoms with Crippen molar-refractivity contribution in [1.29, 1.82) is 0 Å². The van der Waals surface area contributed by atoms with Crippen molar-refractivity contribution in [1.82, 2.24) is 0 Å². The summed E-state index contributed by atoms with van der Waals surface area (Å²) in [6, 6.07) is 0. The van der Waals surface area contributed by atoms with Crippen molar-refractivity contribution >= 4 is 0 Å². The molecule has 6 nitrogen and oxygen atoms in total. The van der Waals surface area contributed by atoms with Crippen LogP contribution in [0.15, 0.2) is 0 Å². The van der Waals surface area contributed by atoms with Gasteiger partial charge in [0.25, 0.3) is 0 Å². The fraction of sp³-hybridized carbons (Fsp3) is 1.00. The molecule has 0 radical (unpaired) electrons. The number of aliphatic hydroxyl groups excluding tert-OH is 4. The Morgan fingerprint density at radius 1 is 0.656 bits per heavy atom. The second-order valence-electron chi connectivity index (χ2n) is 10.9. The average molecular weight is 461 g/mol. The summed E-state index contributed by atoms with van der Waals surface area (Å²) in [5, 5.41) is 38.9. The van der Waals surface area contributed by atoms with Crippen LogP contribution in [-0.4, -0.2) is 64.3 Å². The predicted molar refractivity (Wildman–Crippen MR) is 128 cm³/mol. The van der Waals surface area contributed by atoms with Crippen LogP contribution in [0, 0.1) is 23.7 Å². The first kappa shape index (κ1) is 29.8. The van der Waals surface area contributed by atoms with Crippen LogP contribution < -0.4 is 0 Å². The van der Waals surface area contributed by atoms with E-state index >= 15 is 0 Å². The van der Waals surface area contributed by atoms with Gasteiger partial charge in [-0.15, -0.1) is 0 Å². The fourth-order valence-corrected chi connectivity index (χ4v) is 4.53. The van der Waals surface area contributed by atoms with E-state index in [9.17, 15) is 20.4 Å². The molecule has 4 N–H and O–H groups in total. The van der Waals surface area contributed by atoms with E-state index in [0.29, 0.717) is 12.5 Å². The van der Waals surface area contributed by atoms with Crippen molar-refractivity contribution in [3.63, 3.8) is 0 Å². The summed E-state index contributed by atoms with van der Waals surface area (Å²) in [5.74, 6) is 2.96. The Balaban J connectivity index is 2.10. The lowest BCUT2D eigenvalue weighted by atomic mass is 9.91. The Hall–Kier alpha value is -0.240. The third kappa shape index (κ3) is 11.8. The first-order valence-electron chi connectivity index (χ1n) is 13.1. The molecule has 192 valence electrons. The summed E-state index contributed by atoms with van der Waals surface area (Å²) in [6.07, 6.45) is 6.60. The SMILES string of the molecule is CC(C)CCCC(C)CCCC(C)CCCC(C)CCO[C@@H]1O[C@H](CO)[C@@H](O)[C@H](O)[C@H]1O. The summed E-state index contributed by atoms with van der Waals surface area (Å²) in [4.78, 5) is 0. The third-order valence-corrected chi connectivity index (χ3v) is 7.01. The van der Waals surface area contributed by atoms with Gasteiger partial charge in [0.15, 0.2) is 6.29 Å². The Kier molecular flexibility index (Phi) is 15.3. The van der Waals surface area contributed by atoms with E-state index in [1.807, 2.05) is 0 Å². The highest BCUT2D eigenvalue weighted by atomic mass is 16.7. The molecule has 1 aliphatic heterocycles. The van der Waals surface area contributed by atoms with Crippen LogP contribution in [0.3, 0.4) is 0 Å². The first-order valence-corrected chi connectivity index (χ1v) is 13.1. The second kappa shape index (κ2) is 16.4. The molecule has 1 heterocycles. The lowest BCUT2D eigenvalue weighted by molar-refractivity contribution is -0.301. The lowest BCUT2D eigenvalue weighted by Gasteiger charge is -2.39.